The van der Waals surface area contributed by atoms with Gasteiger partial charge in [-0.15, -0.1) is 0 Å². The van der Waals surface area contributed by atoms with E-state index in [1.165, 1.54) is 0 Å². The number of rotatable bonds is 9. The van der Waals surface area contributed by atoms with Crippen LogP contribution >= 0.6 is 11.6 Å². The molecule has 37 heavy (non-hydrogen) atoms. The number of halogens is 6. The summed E-state index contributed by atoms with van der Waals surface area (Å²) in [6, 6.07) is 1.05. The van der Waals surface area contributed by atoms with E-state index in [2.05, 4.69) is 26.9 Å². The molecular weight excluding hydrogens is 523 g/mol. The van der Waals surface area contributed by atoms with Crippen LogP contribution in [0.5, 0.6) is 5.75 Å². The average molecular weight is 553 g/mol. The molecule has 1 fully saturated rings. The molecule has 0 aromatic carbocycles. The number of pyridine rings is 1. The maximum Gasteiger partial charge on any atom is 0.391 e. The molecule has 7 nitrogen and oxygen atoms in total. The molecule has 2 N–H and O–H groups in total. The van der Waals surface area contributed by atoms with Gasteiger partial charge in [-0.3, -0.25) is 9.36 Å². The van der Waals surface area contributed by atoms with Crippen molar-refractivity contribution in [2.45, 2.75) is 77.7 Å². The van der Waals surface area contributed by atoms with E-state index in [9.17, 15) is 31.9 Å². The quantitative estimate of drug-likeness (QED) is 0.401. The van der Waals surface area contributed by atoms with Gasteiger partial charge in [-0.25, -0.2) is 9.97 Å². The van der Waals surface area contributed by atoms with E-state index in [1.54, 1.807) is 6.92 Å². The van der Waals surface area contributed by atoms with Crippen molar-refractivity contribution in [1.82, 2.24) is 19.9 Å². The topological polar surface area (TPSA) is 89.3 Å². The Morgan fingerprint density at radius 3 is 2.57 bits per heavy atom. The molecule has 0 spiro atoms. The van der Waals surface area contributed by atoms with Crippen molar-refractivity contribution in [3.63, 3.8) is 0 Å². The second-order valence-corrected chi connectivity index (χ2v) is 9.99. The number of hydrogen-bond donors (Lipinski definition) is 2. The molecule has 0 bridgehead atoms. The van der Waals surface area contributed by atoms with Crippen LogP contribution in [-0.4, -0.2) is 50.5 Å². The fourth-order valence-corrected chi connectivity index (χ4v) is 4.56. The Balaban J connectivity index is 1.91. The van der Waals surface area contributed by atoms with Crippen LogP contribution in [-0.2, 0) is 12.8 Å². The van der Waals surface area contributed by atoms with Crippen molar-refractivity contribution in [3.8, 4) is 11.6 Å². The summed E-state index contributed by atoms with van der Waals surface area (Å²) < 4.78 is 71.0. The zero-order valence-electron chi connectivity index (χ0n) is 20.7. The van der Waals surface area contributed by atoms with Gasteiger partial charge in [-0.1, -0.05) is 32.4 Å². The van der Waals surface area contributed by atoms with Crippen LogP contribution in [0.15, 0.2) is 12.3 Å². The molecule has 1 aliphatic rings. The van der Waals surface area contributed by atoms with Crippen LogP contribution in [0, 0.1) is 11.8 Å². The van der Waals surface area contributed by atoms with Crippen LogP contribution in [0.1, 0.15) is 68.3 Å². The van der Waals surface area contributed by atoms with Gasteiger partial charge in [0.2, 0.25) is 0 Å². The van der Waals surface area contributed by atoms with Crippen molar-refractivity contribution < 1.29 is 36.6 Å². The first-order chi connectivity index (χ1) is 17.2. The predicted octanol–water partition coefficient (Wildman–Crippen LogP) is 5.50. The number of aromatic nitrogens is 3. The monoisotopic (exact) mass is 552 g/mol. The molecule has 13 heteroatoms. The highest BCUT2D eigenvalue weighted by molar-refractivity contribution is 6.32. The SMILES string of the molecule is CCc1nc(C(=O)NCC2(O)CCC(C)CC2)c(Cl)n1-c1ncc(C[C@@H](C)C(F)(F)F)cc1OC(F)F. The van der Waals surface area contributed by atoms with Crippen molar-refractivity contribution >= 4 is 17.5 Å². The van der Waals surface area contributed by atoms with E-state index in [1.807, 2.05) is 0 Å². The van der Waals surface area contributed by atoms with Crippen molar-refractivity contribution in [1.29, 1.82) is 0 Å². The van der Waals surface area contributed by atoms with Crippen molar-refractivity contribution in [2.24, 2.45) is 11.8 Å². The van der Waals surface area contributed by atoms with E-state index in [-0.39, 0.29) is 41.0 Å². The summed E-state index contributed by atoms with van der Waals surface area (Å²) in [6.45, 7) is 1.47. The lowest BCUT2D eigenvalue weighted by Crippen LogP contribution is -2.45. The lowest BCUT2D eigenvalue weighted by molar-refractivity contribution is -0.169. The Bertz CT molecular complexity index is 1100. The largest absolute Gasteiger partial charge is 0.431 e. The van der Waals surface area contributed by atoms with Gasteiger partial charge < -0.3 is 15.2 Å². The Morgan fingerprint density at radius 2 is 2.00 bits per heavy atom. The summed E-state index contributed by atoms with van der Waals surface area (Å²) in [5.41, 5.74) is -1.22. The lowest BCUT2D eigenvalue weighted by atomic mass is 9.79. The fraction of sp³-hybridized carbons (Fsp3) is 0.625. The molecule has 1 aliphatic carbocycles. The molecule has 1 saturated carbocycles. The van der Waals surface area contributed by atoms with Crippen LogP contribution in [0.3, 0.4) is 0 Å². The summed E-state index contributed by atoms with van der Waals surface area (Å²) in [5.74, 6) is -2.46. The van der Waals surface area contributed by atoms with E-state index in [0.29, 0.717) is 18.8 Å². The molecule has 0 aliphatic heterocycles. The van der Waals surface area contributed by atoms with Gasteiger partial charge in [-0.05, 0) is 49.7 Å². The number of carbonyl (C=O) groups excluding carboxylic acids is 1. The van der Waals surface area contributed by atoms with Crippen LogP contribution < -0.4 is 10.1 Å². The summed E-state index contributed by atoms with van der Waals surface area (Å²) >= 11 is 6.45. The molecule has 0 unspecified atom stereocenters. The average Bonchev–Trinajstić information content (AvgIpc) is 3.15. The number of ether oxygens (including phenoxy) is 1. The number of hydrogen-bond acceptors (Lipinski definition) is 5. The molecule has 2 aromatic rings. The second kappa shape index (κ2) is 11.5. The molecule has 1 amide bonds. The molecule has 3 rings (SSSR count). The summed E-state index contributed by atoms with van der Waals surface area (Å²) in [5, 5.41) is 13.2. The van der Waals surface area contributed by atoms with Gasteiger partial charge in [0.1, 0.15) is 11.0 Å². The molecule has 206 valence electrons. The Labute approximate surface area is 216 Å². The Hall–Kier alpha value is -2.47. The normalized spacial score (nSPS) is 21.2. The number of aliphatic hydroxyl groups is 1. The number of imidazole rings is 1. The molecule has 0 radical (unpaired) electrons. The highest BCUT2D eigenvalue weighted by Crippen LogP contribution is 2.34. The van der Waals surface area contributed by atoms with Crippen LogP contribution in [0.2, 0.25) is 5.15 Å². The van der Waals surface area contributed by atoms with E-state index in [4.69, 9.17) is 11.6 Å². The van der Waals surface area contributed by atoms with Gasteiger partial charge in [0, 0.05) is 19.2 Å². The third-order valence-corrected chi connectivity index (χ3v) is 6.97. The number of nitrogens with zero attached hydrogens (tertiary/aromatic N) is 3. The standard InChI is InChI=1S/C24H30ClF5N4O3/c1-4-17-33-18(21(35)32-12-23(36)7-5-13(2)6-8-23)19(25)34(17)20-16(37-22(26)27)10-15(11-31-20)9-14(3)24(28,29)30/h10-11,13-14,22,36H,4-9,12H2,1-3H3,(H,32,35)/t13?,14-,23?/m1/s1. The van der Waals surface area contributed by atoms with Gasteiger partial charge in [-0.2, -0.15) is 22.0 Å². The number of carbonyl (C=O) groups is 1. The predicted molar refractivity (Wildman–Crippen MR) is 126 cm³/mol. The Kier molecular flexibility index (Phi) is 9.05. The highest BCUT2D eigenvalue weighted by Gasteiger charge is 2.36. The van der Waals surface area contributed by atoms with Gasteiger partial charge in [0.15, 0.2) is 17.3 Å². The Morgan fingerprint density at radius 1 is 1.35 bits per heavy atom. The summed E-state index contributed by atoms with van der Waals surface area (Å²) in [4.78, 5) is 21.2. The first kappa shape index (κ1) is 29.1. The third-order valence-electron chi connectivity index (χ3n) is 6.62. The highest BCUT2D eigenvalue weighted by atomic mass is 35.5. The van der Waals surface area contributed by atoms with Crippen LogP contribution in [0.25, 0.3) is 5.82 Å². The minimum absolute atomic E-state index is 0.00667. The minimum atomic E-state index is -4.48. The van der Waals surface area contributed by atoms with Crippen molar-refractivity contribution in [2.75, 3.05) is 6.54 Å². The van der Waals surface area contributed by atoms with Gasteiger partial charge in [0.05, 0.1) is 11.5 Å². The number of amides is 1. The van der Waals surface area contributed by atoms with E-state index < -0.39 is 42.4 Å². The molecular formula is C24H30ClF5N4O3. The van der Waals surface area contributed by atoms with Gasteiger partial charge in [0.25, 0.3) is 5.91 Å². The first-order valence-electron chi connectivity index (χ1n) is 12.0. The molecule has 1 atom stereocenters. The van der Waals surface area contributed by atoms with E-state index >= 15 is 0 Å². The maximum absolute atomic E-state index is 13.2. The fourth-order valence-electron chi connectivity index (χ4n) is 4.26. The second-order valence-electron chi connectivity index (χ2n) is 9.64. The zero-order valence-corrected chi connectivity index (χ0v) is 21.5. The van der Waals surface area contributed by atoms with Gasteiger partial charge >= 0.3 is 12.8 Å². The number of aryl methyl sites for hydroxylation is 1. The third kappa shape index (κ3) is 7.10. The van der Waals surface area contributed by atoms with E-state index in [0.717, 1.165) is 36.6 Å². The molecule has 0 saturated heterocycles. The summed E-state index contributed by atoms with van der Waals surface area (Å²) in [6.07, 6.45) is -0.901. The molecule has 2 heterocycles. The lowest BCUT2D eigenvalue weighted by Gasteiger charge is -2.34. The maximum atomic E-state index is 13.2. The zero-order chi connectivity index (χ0) is 27.5. The number of alkyl halides is 5. The van der Waals surface area contributed by atoms with Crippen molar-refractivity contribution in [3.05, 3.63) is 34.5 Å². The molecule has 2 aromatic heterocycles. The summed E-state index contributed by atoms with van der Waals surface area (Å²) in [7, 11) is 0. The number of nitrogens with one attached hydrogen (secondary N) is 1. The van der Waals surface area contributed by atoms with Crippen LogP contribution in [0.4, 0.5) is 22.0 Å². The first-order valence-corrected chi connectivity index (χ1v) is 12.4. The smallest absolute Gasteiger partial charge is 0.391 e. The minimum Gasteiger partial charge on any atom is -0.431 e.